The van der Waals surface area contributed by atoms with Crippen molar-refractivity contribution in [2.45, 2.75) is 39.2 Å². The molecule has 136 valence electrons. The summed E-state index contributed by atoms with van der Waals surface area (Å²) in [4.78, 5) is 14.4. The van der Waals surface area contributed by atoms with E-state index < -0.39 is 0 Å². The summed E-state index contributed by atoms with van der Waals surface area (Å²) in [5.41, 5.74) is 1.34. The van der Waals surface area contributed by atoms with Gasteiger partial charge in [-0.1, -0.05) is 11.6 Å². The molecule has 0 unspecified atom stereocenters. The molecular weight excluding hydrogens is 328 g/mol. The van der Waals surface area contributed by atoms with Crippen LogP contribution in [0.5, 0.6) is 0 Å². The lowest BCUT2D eigenvalue weighted by Crippen LogP contribution is -2.40. The Hall–Kier alpha value is -1.30. The van der Waals surface area contributed by atoms with E-state index in [0.29, 0.717) is 13.0 Å². The summed E-state index contributed by atoms with van der Waals surface area (Å²) >= 11 is 0. The van der Waals surface area contributed by atoms with Crippen LogP contribution in [0.25, 0.3) is 0 Å². The number of carbonyl (C=O) groups excluding carboxylic acids is 1. The second-order valence-electron chi connectivity index (χ2n) is 6.30. The highest BCUT2D eigenvalue weighted by molar-refractivity contribution is 5.85. The van der Waals surface area contributed by atoms with Crippen LogP contribution in [0.2, 0.25) is 0 Å². The number of allylic oxidation sites excluding steroid dienone is 1. The first-order valence-electron chi connectivity index (χ1n) is 8.22. The van der Waals surface area contributed by atoms with Gasteiger partial charge in [0.05, 0.1) is 18.6 Å². The maximum atomic E-state index is 12.1. The Labute approximate surface area is 150 Å². The summed E-state index contributed by atoms with van der Waals surface area (Å²) in [6, 6.07) is 4.09. The largest absolute Gasteiger partial charge is 0.466 e. The average Bonchev–Trinajstić information content (AvgIpc) is 3.11. The highest BCUT2D eigenvalue weighted by Gasteiger charge is 2.36. The first kappa shape index (κ1) is 20.7. The Bertz CT molecular complexity index is 556. The molecule has 0 saturated carbocycles. The quantitative estimate of drug-likeness (QED) is 0.763. The van der Waals surface area contributed by atoms with Crippen LogP contribution in [-0.2, 0) is 9.53 Å². The smallest absolute Gasteiger partial charge is 0.222 e. The second-order valence-corrected chi connectivity index (χ2v) is 6.30. The lowest BCUT2D eigenvalue weighted by Gasteiger charge is -2.18. The Morgan fingerprint density at radius 3 is 2.79 bits per heavy atom. The van der Waals surface area contributed by atoms with Gasteiger partial charge in [-0.05, 0) is 32.9 Å². The van der Waals surface area contributed by atoms with Crippen molar-refractivity contribution in [1.29, 1.82) is 0 Å². The molecule has 2 rings (SSSR count). The molecule has 24 heavy (non-hydrogen) atoms. The van der Waals surface area contributed by atoms with E-state index in [2.05, 4.69) is 30.1 Å². The maximum Gasteiger partial charge on any atom is 0.222 e. The minimum atomic E-state index is 0. The van der Waals surface area contributed by atoms with Crippen molar-refractivity contribution >= 4 is 18.3 Å². The molecule has 6 heteroatoms. The first-order valence-corrected chi connectivity index (χ1v) is 8.22. The van der Waals surface area contributed by atoms with Crippen molar-refractivity contribution in [2.75, 3.05) is 33.4 Å². The summed E-state index contributed by atoms with van der Waals surface area (Å²) in [6.07, 6.45) is 2.53. The number of nitrogens with one attached hydrogen (secondary N) is 1. The Kier molecular flexibility index (Phi) is 8.53. The molecule has 1 saturated heterocycles. The summed E-state index contributed by atoms with van der Waals surface area (Å²) in [7, 11) is 1.61. The zero-order valence-corrected chi connectivity index (χ0v) is 15.8. The van der Waals surface area contributed by atoms with Crippen LogP contribution >= 0.6 is 12.4 Å². The van der Waals surface area contributed by atoms with Crippen molar-refractivity contribution in [2.24, 2.45) is 0 Å². The second kappa shape index (κ2) is 9.87. The normalized spacial score (nSPS) is 21.6. The van der Waals surface area contributed by atoms with Crippen LogP contribution < -0.4 is 5.32 Å². The molecule has 0 bridgehead atoms. The molecule has 1 aliphatic rings. The lowest BCUT2D eigenvalue weighted by atomic mass is 10.0. The van der Waals surface area contributed by atoms with Gasteiger partial charge >= 0.3 is 0 Å². The zero-order chi connectivity index (χ0) is 16.8. The molecule has 1 aliphatic heterocycles. The number of furan rings is 1. The number of hydrogen-bond donors (Lipinski definition) is 1. The third-order valence-corrected chi connectivity index (χ3v) is 4.37. The minimum absolute atomic E-state index is 0. The van der Waals surface area contributed by atoms with Crippen molar-refractivity contribution in [3.63, 3.8) is 0 Å². The van der Waals surface area contributed by atoms with Gasteiger partial charge in [-0.25, -0.2) is 0 Å². The van der Waals surface area contributed by atoms with Gasteiger partial charge in [0, 0.05) is 33.2 Å². The van der Waals surface area contributed by atoms with Gasteiger partial charge in [-0.2, -0.15) is 0 Å². The molecule has 0 radical (unpaired) electrons. The molecule has 2 atom stereocenters. The van der Waals surface area contributed by atoms with E-state index in [1.54, 1.807) is 7.11 Å². The van der Waals surface area contributed by atoms with E-state index in [9.17, 15) is 4.79 Å². The van der Waals surface area contributed by atoms with Crippen molar-refractivity contribution in [3.05, 3.63) is 35.3 Å². The van der Waals surface area contributed by atoms with E-state index in [1.807, 2.05) is 19.1 Å². The molecular formula is C18H29ClN2O3. The molecule has 0 spiro atoms. The summed E-state index contributed by atoms with van der Waals surface area (Å²) in [5.74, 6) is 2.10. The molecule has 1 fully saturated rings. The third kappa shape index (κ3) is 5.65. The number of rotatable bonds is 7. The van der Waals surface area contributed by atoms with Crippen molar-refractivity contribution < 1.29 is 13.9 Å². The summed E-state index contributed by atoms with van der Waals surface area (Å²) in [5, 5.41) is 3.15. The predicted octanol–water partition coefficient (Wildman–Crippen LogP) is 2.90. The molecule has 5 nitrogen and oxygen atoms in total. The standard InChI is InChI=1S/C18H28N2O3.ClH/c1-5-13(2)10-20-11-15(17-7-6-14(3)23-17)16(12-20)19-18(21)8-9-22-4;/h5-7,15-16H,8-12H2,1-4H3,(H,19,21);1H/b13-5+;/t15-,16-;/m0./s1. The number of hydrogen-bond acceptors (Lipinski definition) is 4. The number of methoxy groups -OCH3 is 1. The number of ether oxygens (including phenoxy) is 1. The van der Waals surface area contributed by atoms with Crippen LogP contribution in [0.3, 0.4) is 0 Å². The Morgan fingerprint density at radius 2 is 2.21 bits per heavy atom. The number of likely N-dealkylation sites (tertiary alicyclic amines) is 1. The maximum absolute atomic E-state index is 12.1. The van der Waals surface area contributed by atoms with Gasteiger partial charge in [0.25, 0.3) is 0 Å². The highest BCUT2D eigenvalue weighted by Crippen LogP contribution is 2.29. The predicted molar refractivity (Wildman–Crippen MR) is 97.7 cm³/mol. The fourth-order valence-electron chi connectivity index (χ4n) is 3.02. The van der Waals surface area contributed by atoms with E-state index in [1.165, 1.54) is 5.57 Å². The molecule has 1 amide bonds. The van der Waals surface area contributed by atoms with E-state index in [0.717, 1.165) is 31.2 Å². The Morgan fingerprint density at radius 1 is 1.46 bits per heavy atom. The van der Waals surface area contributed by atoms with Gasteiger partial charge in [0.15, 0.2) is 0 Å². The molecule has 2 heterocycles. The van der Waals surface area contributed by atoms with Crippen molar-refractivity contribution in [3.8, 4) is 0 Å². The fourth-order valence-corrected chi connectivity index (χ4v) is 3.02. The van der Waals surface area contributed by atoms with Gasteiger partial charge in [0.2, 0.25) is 5.91 Å². The number of halogens is 1. The minimum Gasteiger partial charge on any atom is -0.466 e. The number of carbonyl (C=O) groups is 1. The highest BCUT2D eigenvalue weighted by atomic mass is 35.5. The van der Waals surface area contributed by atoms with Crippen molar-refractivity contribution in [1.82, 2.24) is 10.2 Å². The van der Waals surface area contributed by atoms with E-state index >= 15 is 0 Å². The van der Waals surface area contributed by atoms with Crippen LogP contribution in [0.15, 0.2) is 28.2 Å². The van der Waals surface area contributed by atoms with E-state index in [-0.39, 0.29) is 30.3 Å². The monoisotopic (exact) mass is 356 g/mol. The van der Waals surface area contributed by atoms with Crippen LogP contribution in [-0.4, -0.2) is 50.2 Å². The Balaban J connectivity index is 0.00000288. The SMILES string of the molecule is C/C=C(\C)CN1C[C@H](NC(=O)CCOC)[C@@H](c2ccc(C)o2)C1.Cl. The van der Waals surface area contributed by atoms with Crippen LogP contribution in [0.4, 0.5) is 0 Å². The average molecular weight is 357 g/mol. The summed E-state index contributed by atoms with van der Waals surface area (Å²) in [6.45, 7) is 9.26. The van der Waals surface area contributed by atoms with Gasteiger partial charge in [-0.3, -0.25) is 9.69 Å². The van der Waals surface area contributed by atoms with Gasteiger partial charge in [0.1, 0.15) is 11.5 Å². The van der Waals surface area contributed by atoms with Crippen LogP contribution in [0.1, 0.15) is 37.7 Å². The summed E-state index contributed by atoms with van der Waals surface area (Å²) < 4.78 is 10.8. The molecule has 1 aromatic heterocycles. The lowest BCUT2D eigenvalue weighted by molar-refractivity contribution is -0.122. The molecule has 0 aliphatic carbocycles. The molecule has 1 aromatic rings. The van der Waals surface area contributed by atoms with Gasteiger partial charge in [-0.15, -0.1) is 12.4 Å². The van der Waals surface area contributed by atoms with E-state index in [4.69, 9.17) is 9.15 Å². The van der Waals surface area contributed by atoms with Crippen LogP contribution in [0, 0.1) is 6.92 Å². The molecule has 1 N–H and O–H groups in total. The first-order chi connectivity index (χ1) is 11.0. The number of nitrogens with zero attached hydrogens (tertiary/aromatic N) is 1. The molecule has 0 aromatic carbocycles. The fraction of sp³-hybridized carbons (Fsp3) is 0.611. The topological polar surface area (TPSA) is 54.7 Å². The third-order valence-electron chi connectivity index (χ3n) is 4.37. The number of aryl methyl sites for hydroxylation is 1. The zero-order valence-electron chi connectivity index (χ0n) is 15.0. The number of amides is 1. The van der Waals surface area contributed by atoms with Gasteiger partial charge < -0.3 is 14.5 Å².